The lowest BCUT2D eigenvalue weighted by molar-refractivity contribution is 0.0699. The number of hydrogen-bond donors (Lipinski definition) is 2. The third-order valence-electron chi connectivity index (χ3n) is 2.39. The van der Waals surface area contributed by atoms with Gasteiger partial charge in [-0.05, 0) is 17.7 Å². The van der Waals surface area contributed by atoms with Crippen LogP contribution in [0.4, 0.5) is 5.00 Å². The van der Waals surface area contributed by atoms with Gasteiger partial charge >= 0.3 is 5.97 Å². The summed E-state index contributed by atoms with van der Waals surface area (Å²) in [6, 6.07) is 7.13. The summed E-state index contributed by atoms with van der Waals surface area (Å²) in [5.74, 6) is -0.930. The lowest BCUT2D eigenvalue weighted by Crippen LogP contribution is -2.00. The molecule has 1 aromatic carbocycles. The number of hydrogen-bond acceptors (Lipinski definition) is 3. The van der Waals surface area contributed by atoms with E-state index < -0.39 is 5.97 Å². The van der Waals surface area contributed by atoms with Crippen molar-refractivity contribution in [1.29, 1.82) is 0 Å². The van der Waals surface area contributed by atoms with Crippen molar-refractivity contribution in [2.75, 3.05) is 12.4 Å². The third kappa shape index (κ3) is 2.28. The second-order valence-electron chi connectivity index (χ2n) is 3.42. The molecule has 1 aromatic heterocycles. The van der Waals surface area contributed by atoms with Crippen molar-refractivity contribution < 1.29 is 9.90 Å². The molecule has 0 fully saturated rings. The zero-order valence-electron chi connectivity index (χ0n) is 9.03. The molecule has 0 aliphatic rings. The van der Waals surface area contributed by atoms with Crippen LogP contribution in [-0.4, -0.2) is 18.1 Å². The Labute approximate surface area is 108 Å². The van der Waals surface area contributed by atoms with Gasteiger partial charge in [0.1, 0.15) is 10.6 Å². The number of rotatable bonds is 3. The summed E-state index contributed by atoms with van der Waals surface area (Å²) in [6.45, 7) is 0. The molecule has 0 atom stereocenters. The summed E-state index contributed by atoms with van der Waals surface area (Å²) < 4.78 is 0. The van der Waals surface area contributed by atoms with E-state index in [9.17, 15) is 9.90 Å². The van der Waals surface area contributed by atoms with Crippen molar-refractivity contribution >= 4 is 33.9 Å². The highest BCUT2D eigenvalue weighted by atomic mass is 35.5. The minimum absolute atomic E-state index is 0.305. The average Bonchev–Trinajstić information content (AvgIpc) is 2.73. The van der Waals surface area contributed by atoms with Crippen molar-refractivity contribution in [3.05, 3.63) is 40.2 Å². The number of carbonyl (C=O) groups is 1. The Kier molecular flexibility index (Phi) is 3.36. The van der Waals surface area contributed by atoms with E-state index in [4.69, 9.17) is 11.6 Å². The van der Waals surface area contributed by atoms with Crippen LogP contribution in [0.1, 0.15) is 10.4 Å². The van der Waals surface area contributed by atoms with Crippen molar-refractivity contribution in [2.24, 2.45) is 0 Å². The van der Waals surface area contributed by atoms with Gasteiger partial charge in [0, 0.05) is 23.0 Å². The second kappa shape index (κ2) is 4.77. The van der Waals surface area contributed by atoms with Crippen LogP contribution in [0, 0.1) is 0 Å². The van der Waals surface area contributed by atoms with E-state index in [1.54, 1.807) is 19.2 Å². The Hall–Kier alpha value is -1.52. The summed E-state index contributed by atoms with van der Waals surface area (Å²) in [7, 11) is 1.71. The smallest absolute Gasteiger partial charge is 0.339 e. The molecule has 3 nitrogen and oxygen atoms in total. The fourth-order valence-corrected chi connectivity index (χ4v) is 2.64. The van der Waals surface area contributed by atoms with Crippen LogP contribution in [0.15, 0.2) is 29.6 Å². The maximum absolute atomic E-state index is 11.2. The fourth-order valence-electron chi connectivity index (χ4n) is 1.60. The molecule has 0 aliphatic heterocycles. The number of benzene rings is 1. The van der Waals surface area contributed by atoms with Gasteiger partial charge in [0.05, 0.1) is 0 Å². The van der Waals surface area contributed by atoms with Crippen LogP contribution in [0.25, 0.3) is 11.1 Å². The molecule has 0 radical (unpaired) electrons. The Balaban J connectivity index is 2.55. The van der Waals surface area contributed by atoms with Gasteiger partial charge in [-0.3, -0.25) is 0 Å². The van der Waals surface area contributed by atoms with Crippen molar-refractivity contribution in [3.8, 4) is 11.1 Å². The van der Waals surface area contributed by atoms with E-state index in [1.807, 2.05) is 17.5 Å². The normalized spacial score (nSPS) is 10.2. The molecule has 0 bridgehead atoms. The highest BCUT2D eigenvalue weighted by Gasteiger charge is 2.18. The summed E-state index contributed by atoms with van der Waals surface area (Å²) in [5.41, 5.74) is 1.87. The highest BCUT2D eigenvalue weighted by Crippen LogP contribution is 2.35. The van der Waals surface area contributed by atoms with Gasteiger partial charge in [0.25, 0.3) is 0 Å². The SMILES string of the molecule is CNc1scc(-c2ccc(Cl)cc2)c1C(=O)O. The van der Waals surface area contributed by atoms with Crippen LogP contribution in [-0.2, 0) is 0 Å². The number of carboxylic acid groups (broad SMARTS) is 1. The maximum atomic E-state index is 11.2. The topological polar surface area (TPSA) is 49.3 Å². The van der Waals surface area contributed by atoms with Crippen LogP contribution in [0.5, 0.6) is 0 Å². The summed E-state index contributed by atoms with van der Waals surface area (Å²) in [6.07, 6.45) is 0. The first-order valence-electron chi connectivity index (χ1n) is 4.92. The lowest BCUT2D eigenvalue weighted by Gasteiger charge is -2.03. The van der Waals surface area contributed by atoms with Gasteiger partial charge in [-0.1, -0.05) is 23.7 Å². The van der Waals surface area contributed by atoms with Gasteiger partial charge < -0.3 is 10.4 Å². The zero-order chi connectivity index (χ0) is 12.4. The molecule has 2 N–H and O–H groups in total. The van der Waals surface area contributed by atoms with Gasteiger partial charge in [-0.15, -0.1) is 11.3 Å². The molecule has 2 rings (SSSR count). The molecule has 2 aromatic rings. The van der Waals surface area contributed by atoms with E-state index in [0.29, 0.717) is 21.2 Å². The number of carboxylic acids is 1. The zero-order valence-corrected chi connectivity index (χ0v) is 10.6. The predicted molar refractivity (Wildman–Crippen MR) is 71.3 cm³/mol. The minimum atomic E-state index is -0.930. The molecule has 1 heterocycles. The van der Waals surface area contributed by atoms with Crippen molar-refractivity contribution in [3.63, 3.8) is 0 Å². The standard InChI is InChI=1S/C12H10ClNO2S/c1-14-11-10(12(15)16)9(6-17-11)7-2-4-8(13)5-3-7/h2-6,14H,1H3,(H,15,16). The van der Waals surface area contributed by atoms with E-state index >= 15 is 0 Å². The van der Waals surface area contributed by atoms with E-state index in [2.05, 4.69) is 5.32 Å². The van der Waals surface area contributed by atoms with Gasteiger partial charge in [-0.2, -0.15) is 0 Å². The molecular formula is C12H10ClNO2S. The number of nitrogens with one attached hydrogen (secondary N) is 1. The molecule has 0 aliphatic carbocycles. The fraction of sp³-hybridized carbons (Fsp3) is 0.0833. The highest BCUT2D eigenvalue weighted by molar-refractivity contribution is 7.15. The Morgan fingerprint density at radius 2 is 2.00 bits per heavy atom. The van der Waals surface area contributed by atoms with Gasteiger partial charge in [-0.25, -0.2) is 4.79 Å². The predicted octanol–water partition coefficient (Wildman–Crippen LogP) is 3.81. The molecule has 0 spiro atoms. The van der Waals surface area contributed by atoms with Gasteiger partial charge in [0.2, 0.25) is 0 Å². The monoisotopic (exact) mass is 267 g/mol. The minimum Gasteiger partial charge on any atom is -0.478 e. The summed E-state index contributed by atoms with van der Waals surface area (Å²) >= 11 is 7.19. The van der Waals surface area contributed by atoms with Crippen LogP contribution < -0.4 is 5.32 Å². The molecule has 0 saturated carbocycles. The number of halogens is 1. The summed E-state index contributed by atoms with van der Waals surface area (Å²) in [5, 5.41) is 15.2. The largest absolute Gasteiger partial charge is 0.478 e. The molecule has 0 unspecified atom stereocenters. The maximum Gasteiger partial charge on any atom is 0.339 e. The molecule has 88 valence electrons. The number of aromatic carboxylic acids is 1. The van der Waals surface area contributed by atoms with E-state index in [0.717, 1.165) is 5.56 Å². The molecule has 5 heteroatoms. The third-order valence-corrected chi connectivity index (χ3v) is 3.64. The lowest BCUT2D eigenvalue weighted by atomic mass is 10.0. The Bertz CT molecular complexity index is 548. The van der Waals surface area contributed by atoms with Crippen LogP contribution in [0.3, 0.4) is 0 Å². The molecule has 0 amide bonds. The Morgan fingerprint density at radius 3 is 2.53 bits per heavy atom. The second-order valence-corrected chi connectivity index (χ2v) is 4.73. The first-order valence-corrected chi connectivity index (χ1v) is 6.17. The Morgan fingerprint density at radius 1 is 1.35 bits per heavy atom. The quantitative estimate of drug-likeness (QED) is 0.889. The molecule has 17 heavy (non-hydrogen) atoms. The molecule has 0 saturated heterocycles. The first-order chi connectivity index (χ1) is 8.13. The number of thiophene rings is 1. The van der Waals surface area contributed by atoms with Crippen LogP contribution in [0.2, 0.25) is 5.02 Å². The summed E-state index contributed by atoms with van der Waals surface area (Å²) in [4.78, 5) is 11.2. The van der Waals surface area contributed by atoms with E-state index in [1.165, 1.54) is 11.3 Å². The van der Waals surface area contributed by atoms with Crippen molar-refractivity contribution in [2.45, 2.75) is 0 Å². The van der Waals surface area contributed by atoms with Crippen LogP contribution >= 0.6 is 22.9 Å². The van der Waals surface area contributed by atoms with Gasteiger partial charge in [0.15, 0.2) is 0 Å². The number of anilines is 1. The average molecular weight is 268 g/mol. The van der Waals surface area contributed by atoms with Crippen molar-refractivity contribution in [1.82, 2.24) is 0 Å². The van der Waals surface area contributed by atoms with E-state index in [-0.39, 0.29) is 0 Å². The molecular weight excluding hydrogens is 258 g/mol. The first kappa shape index (κ1) is 12.0.